The highest BCUT2D eigenvalue weighted by Crippen LogP contribution is 2.33. The van der Waals surface area contributed by atoms with Crippen molar-refractivity contribution >= 4 is 40.7 Å². The number of urea groups is 1. The van der Waals surface area contributed by atoms with Crippen molar-refractivity contribution in [3.05, 3.63) is 6.33 Å². The van der Waals surface area contributed by atoms with E-state index in [0.717, 1.165) is 0 Å². The van der Waals surface area contributed by atoms with Crippen LogP contribution in [0.1, 0.15) is 26.0 Å². The summed E-state index contributed by atoms with van der Waals surface area (Å²) < 4.78 is 6.89. The van der Waals surface area contributed by atoms with Gasteiger partial charge >= 0.3 is 6.03 Å². The van der Waals surface area contributed by atoms with E-state index in [9.17, 15) is 24.9 Å². The molecule has 1 unspecified atom stereocenters. The van der Waals surface area contributed by atoms with Gasteiger partial charge in [-0.3, -0.25) is 20.0 Å². The molecule has 15 heteroatoms. The topological polar surface area (TPSA) is 204 Å². The number of rotatable bonds is 8. The molecule has 2 aromatic rings. The monoisotopic (exact) mass is 471 g/mol. The van der Waals surface area contributed by atoms with Gasteiger partial charge in [-0.2, -0.15) is 5.48 Å². The highest BCUT2D eigenvalue weighted by atomic mass is 32.2. The van der Waals surface area contributed by atoms with E-state index < -0.39 is 49.1 Å². The van der Waals surface area contributed by atoms with Gasteiger partial charge in [-0.25, -0.2) is 19.7 Å². The summed E-state index contributed by atoms with van der Waals surface area (Å²) in [5.41, 5.74) is 2.20. The molecule has 0 radical (unpaired) electrons. The zero-order chi connectivity index (χ0) is 23.4. The standard InChI is InChI=1S/C17H25N7O7S/c1-3-4-7(23-30)14(28)22-16(29)19-12-9-13(21-17(20-12)32-2)24(6-18-9)15-11(27)10(26)8(5-25)31-15/h6-8,10-11,15,23,25-27,30H,3-5H2,1-2H3,(H2,19,20,21,22,28,29)/t7?,8-,10-,11-,15-/m1/s1. The summed E-state index contributed by atoms with van der Waals surface area (Å²) in [6.45, 7) is 1.33. The highest BCUT2D eigenvalue weighted by Gasteiger charge is 2.44. The van der Waals surface area contributed by atoms with Gasteiger partial charge < -0.3 is 25.3 Å². The average Bonchev–Trinajstić information content (AvgIpc) is 3.32. The van der Waals surface area contributed by atoms with Crippen LogP contribution in [0.3, 0.4) is 0 Å². The molecule has 1 saturated heterocycles. The molecular formula is C17H25N7O7S. The Labute approximate surface area is 186 Å². The minimum absolute atomic E-state index is 0.000794. The molecule has 5 atom stereocenters. The number of hydrogen-bond donors (Lipinski definition) is 7. The summed E-state index contributed by atoms with van der Waals surface area (Å²) in [5, 5.41) is 43.6. The molecule has 3 heterocycles. The minimum Gasteiger partial charge on any atom is -0.394 e. The Balaban J connectivity index is 1.87. The number of nitrogens with zero attached hydrogens (tertiary/aromatic N) is 4. The summed E-state index contributed by atoms with van der Waals surface area (Å²) in [4.78, 5) is 37.2. The van der Waals surface area contributed by atoms with Gasteiger partial charge in [0.2, 0.25) is 5.91 Å². The van der Waals surface area contributed by atoms with Crippen molar-refractivity contribution in [2.24, 2.45) is 0 Å². The largest absolute Gasteiger partial charge is 0.394 e. The molecule has 0 aliphatic carbocycles. The quantitative estimate of drug-likeness (QED) is 0.140. The van der Waals surface area contributed by atoms with E-state index in [-0.39, 0.29) is 22.1 Å². The SMILES string of the molecule is CCCC(NO)C(=O)NC(=O)Nc1nc(SC)nc2c1ncn2[C@@H]1O[C@H](CO)[C@@H](O)[C@H]1O. The number of nitrogens with one attached hydrogen (secondary N) is 3. The van der Waals surface area contributed by atoms with Crippen LogP contribution in [0.5, 0.6) is 0 Å². The third-order valence-corrected chi connectivity index (χ3v) is 5.44. The number of hydroxylamine groups is 1. The maximum Gasteiger partial charge on any atom is 0.327 e. The van der Waals surface area contributed by atoms with Gasteiger partial charge in [-0.1, -0.05) is 25.1 Å². The van der Waals surface area contributed by atoms with Crippen LogP contribution in [0.4, 0.5) is 10.6 Å². The molecule has 14 nitrogen and oxygen atoms in total. The molecule has 1 aliphatic heterocycles. The van der Waals surface area contributed by atoms with Crippen LogP contribution in [0.2, 0.25) is 0 Å². The van der Waals surface area contributed by atoms with Crippen LogP contribution >= 0.6 is 11.8 Å². The number of ether oxygens (including phenoxy) is 1. The number of anilines is 1. The van der Waals surface area contributed by atoms with Crippen molar-refractivity contribution in [1.82, 2.24) is 30.3 Å². The highest BCUT2D eigenvalue weighted by molar-refractivity contribution is 7.98. The van der Waals surface area contributed by atoms with Crippen LogP contribution in [0.25, 0.3) is 11.2 Å². The summed E-state index contributed by atoms with van der Waals surface area (Å²) in [5.74, 6) is -0.724. The van der Waals surface area contributed by atoms with Gasteiger partial charge in [-0.05, 0) is 12.7 Å². The lowest BCUT2D eigenvalue weighted by atomic mass is 10.1. The Morgan fingerprint density at radius 2 is 2.06 bits per heavy atom. The molecule has 2 aromatic heterocycles. The first-order chi connectivity index (χ1) is 15.3. The van der Waals surface area contributed by atoms with Gasteiger partial charge in [0.1, 0.15) is 24.4 Å². The Bertz CT molecular complexity index is 974. The number of fused-ring (bicyclic) bond motifs is 1. The lowest BCUT2D eigenvalue weighted by molar-refractivity contribution is -0.124. The van der Waals surface area contributed by atoms with Crippen molar-refractivity contribution in [3.63, 3.8) is 0 Å². The number of imidazole rings is 1. The van der Waals surface area contributed by atoms with Crippen molar-refractivity contribution in [1.29, 1.82) is 0 Å². The van der Waals surface area contributed by atoms with E-state index in [1.165, 1.54) is 22.7 Å². The van der Waals surface area contributed by atoms with E-state index in [1.54, 1.807) is 6.26 Å². The van der Waals surface area contributed by atoms with Crippen molar-refractivity contribution < 1.29 is 34.9 Å². The Morgan fingerprint density at radius 3 is 2.66 bits per heavy atom. The van der Waals surface area contributed by atoms with Gasteiger partial charge in [0, 0.05) is 0 Å². The maximum atomic E-state index is 12.4. The zero-order valence-electron chi connectivity index (χ0n) is 17.3. The minimum atomic E-state index is -1.35. The molecule has 3 amide bonds. The third-order valence-electron chi connectivity index (χ3n) is 4.89. The van der Waals surface area contributed by atoms with Crippen molar-refractivity contribution in [3.8, 4) is 0 Å². The Morgan fingerprint density at radius 1 is 1.31 bits per heavy atom. The van der Waals surface area contributed by atoms with Gasteiger partial charge in [-0.15, -0.1) is 0 Å². The molecule has 3 rings (SSSR count). The smallest absolute Gasteiger partial charge is 0.327 e. The van der Waals surface area contributed by atoms with Crippen LogP contribution in [-0.4, -0.2) is 89.2 Å². The van der Waals surface area contributed by atoms with E-state index in [0.29, 0.717) is 12.8 Å². The predicted molar refractivity (Wildman–Crippen MR) is 111 cm³/mol. The molecule has 0 saturated carbocycles. The molecule has 32 heavy (non-hydrogen) atoms. The fraction of sp³-hybridized carbons (Fsp3) is 0.588. The van der Waals surface area contributed by atoms with Gasteiger partial charge in [0.05, 0.1) is 12.9 Å². The van der Waals surface area contributed by atoms with Crippen LogP contribution in [0.15, 0.2) is 11.5 Å². The first-order valence-electron chi connectivity index (χ1n) is 9.77. The first kappa shape index (κ1) is 24.2. The molecule has 176 valence electrons. The summed E-state index contributed by atoms with van der Waals surface area (Å²) in [6.07, 6.45) is -0.792. The van der Waals surface area contributed by atoms with Crippen molar-refractivity contribution in [2.45, 2.75) is 55.5 Å². The number of aliphatic hydroxyl groups excluding tert-OH is 3. The second-order valence-electron chi connectivity index (χ2n) is 7.03. The number of thioether (sulfide) groups is 1. The molecule has 0 spiro atoms. The number of aromatic nitrogens is 4. The van der Waals surface area contributed by atoms with E-state index in [2.05, 4.69) is 25.6 Å². The number of aliphatic hydroxyl groups is 3. The zero-order valence-corrected chi connectivity index (χ0v) is 18.1. The number of amides is 3. The fourth-order valence-electron chi connectivity index (χ4n) is 3.25. The second kappa shape index (κ2) is 10.5. The van der Waals surface area contributed by atoms with Crippen LogP contribution in [0, 0.1) is 0 Å². The van der Waals surface area contributed by atoms with E-state index in [4.69, 9.17) is 9.94 Å². The summed E-state index contributed by atoms with van der Waals surface area (Å²) in [7, 11) is 0. The molecule has 1 aliphatic rings. The lowest BCUT2D eigenvalue weighted by Crippen LogP contribution is -2.46. The van der Waals surface area contributed by atoms with Crippen LogP contribution in [-0.2, 0) is 9.53 Å². The third kappa shape index (κ3) is 4.83. The number of carbonyl (C=O) groups is 2. The molecular weight excluding hydrogens is 446 g/mol. The molecule has 1 fully saturated rings. The van der Waals surface area contributed by atoms with E-state index >= 15 is 0 Å². The van der Waals surface area contributed by atoms with Gasteiger partial charge in [0.25, 0.3) is 0 Å². The normalized spacial score (nSPS) is 23.9. The number of carbonyl (C=O) groups excluding carboxylic acids is 2. The fourth-order valence-corrected chi connectivity index (χ4v) is 3.61. The number of hydrogen-bond acceptors (Lipinski definition) is 12. The molecule has 0 bridgehead atoms. The maximum absolute atomic E-state index is 12.4. The van der Waals surface area contributed by atoms with E-state index in [1.807, 2.05) is 12.4 Å². The molecule has 0 aromatic carbocycles. The lowest BCUT2D eigenvalue weighted by Gasteiger charge is -2.17. The predicted octanol–water partition coefficient (Wildman–Crippen LogP) is -1.04. The Kier molecular flexibility index (Phi) is 7.94. The first-order valence-corrected chi connectivity index (χ1v) is 11.0. The van der Waals surface area contributed by atoms with Crippen molar-refractivity contribution in [2.75, 3.05) is 18.2 Å². The van der Waals surface area contributed by atoms with Crippen LogP contribution < -0.4 is 16.1 Å². The second-order valence-corrected chi connectivity index (χ2v) is 7.80. The molecule has 7 N–H and O–H groups in total. The van der Waals surface area contributed by atoms with Gasteiger partial charge in [0.15, 0.2) is 28.4 Å². The summed E-state index contributed by atoms with van der Waals surface area (Å²) in [6, 6.07) is -1.84. The average molecular weight is 471 g/mol. The Hall–Kier alpha value is -2.40. The summed E-state index contributed by atoms with van der Waals surface area (Å²) >= 11 is 1.18. The number of imide groups is 1.